The molecule has 1 atom stereocenters. The summed E-state index contributed by atoms with van der Waals surface area (Å²) in [4.78, 5) is 15.9. The molecule has 0 saturated heterocycles. The lowest BCUT2D eigenvalue weighted by Crippen LogP contribution is -2.42. The minimum Gasteiger partial charge on any atom is -0.493 e. The third-order valence-corrected chi connectivity index (χ3v) is 6.75. The van der Waals surface area contributed by atoms with Crippen molar-refractivity contribution in [1.82, 2.24) is 4.90 Å². The number of methoxy groups -OCH3 is 3. The summed E-state index contributed by atoms with van der Waals surface area (Å²) in [6, 6.07) is 25.0. The summed E-state index contributed by atoms with van der Waals surface area (Å²) < 4.78 is 22.9. The minimum absolute atomic E-state index is 0.0270. The highest BCUT2D eigenvalue weighted by Gasteiger charge is 2.34. The first-order chi connectivity index (χ1) is 17.6. The monoisotopic (exact) mass is 483 g/mol. The quantitative estimate of drug-likeness (QED) is 0.338. The lowest BCUT2D eigenvalue weighted by atomic mass is 9.91. The van der Waals surface area contributed by atoms with E-state index in [1.165, 1.54) is 0 Å². The van der Waals surface area contributed by atoms with E-state index in [2.05, 4.69) is 0 Å². The van der Waals surface area contributed by atoms with Crippen LogP contribution in [-0.4, -0.2) is 45.3 Å². The van der Waals surface area contributed by atoms with Crippen molar-refractivity contribution in [1.29, 1.82) is 0 Å². The first kappa shape index (κ1) is 23.5. The van der Waals surface area contributed by atoms with Crippen LogP contribution in [0.15, 0.2) is 78.9 Å². The molecule has 0 N–H and O–H groups in total. The van der Waals surface area contributed by atoms with Gasteiger partial charge in [-0.25, -0.2) is 0 Å². The number of carbonyl (C=O) groups is 1. The Hall–Kier alpha value is -4.19. The van der Waals surface area contributed by atoms with Gasteiger partial charge in [-0.2, -0.15) is 0 Å². The highest BCUT2D eigenvalue weighted by atomic mass is 16.5. The Morgan fingerprint density at radius 2 is 1.47 bits per heavy atom. The van der Waals surface area contributed by atoms with E-state index in [0.29, 0.717) is 41.5 Å². The third-order valence-electron chi connectivity index (χ3n) is 6.75. The van der Waals surface area contributed by atoms with Gasteiger partial charge in [-0.15, -0.1) is 0 Å². The van der Waals surface area contributed by atoms with Crippen molar-refractivity contribution in [2.24, 2.45) is 0 Å². The molecule has 1 heterocycles. The molecule has 1 aliphatic rings. The number of para-hydroxylation sites is 2. The normalized spacial score (nSPS) is 14.8. The third kappa shape index (κ3) is 4.31. The Kier molecular flexibility index (Phi) is 6.67. The van der Waals surface area contributed by atoms with Gasteiger partial charge in [0.2, 0.25) is 0 Å². The molecule has 36 heavy (non-hydrogen) atoms. The number of hydrogen-bond donors (Lipinski definition) is 0. The number of hydrogen-bond acceptors (Lipinski definition) is 5. The van der Waals surface area contributed by atoms with E-state index in [1.807, 2.05) is 83.8 Å². The van der Waals surface area contributed by atoms with Crippen LogP contribution in [0.2, 0.25) is 0 Å². The van der Waals surface area contributed by atoms with Crippen LogP contribution in [0.4, 0.5) is 0 Å². The van der Waals surface area contributed by atoms with E-state index in [1.54, 1.807) is 21.3 Å². The first-order valence-corrected chi connectivity index (χ1v) is 11.9. The first-order valence-electron chi connectivity index (χ1n) is 11.9. The lowest BCUT2D eigenvalue weighted by molar-refractivity contribution is 0.0589. The average Bonchev–Trinajstić information content (AvgIpc) is 2.94. The van der Waals surface area contributed by atoms with Crippen molar-refractivity contribution in [2.45, 2.75) is 12.5 Å². The van der Waals surface area contributed by atoms with Gasteiger partial charge in [0.1, 0.15) is 6.61 Å². The molecule has 4 aromatic carbocycles. The Labute approximate surface area is 211 Å². The lowest BCUT2D eigenvalue weighted by Gasteiger charge is -2.38. The second-order valence-electron chi connectivity index (χ2n) is 8.66. The fourth-order valence-electron chi connectivity index (χ4n) is 4.92. The van der Waals surface area contributed by atoms with Crippen molar-refractivity contribution >= 4 is 16.7 Å². The van der Waals surface area contributed by atoms with Crippen LogP contribution in [0.1, 0.15) is 27.5 Å². The second-order valence-corrected chi connectivity index (χ2v) is 8.66. The maximum Gasteiger partial charge on any atom is 0.255 e. The number of fused-ring (bicyclic) bond motifs is 2. The fraction of sp³-hybridized carbons (Fsp3) is 0.233. The molecule has 0 spiro atoms. The molecule has 0 fully saturated rings. The number of amides is 1. The molecule has 0 aromatic heterocycles. The summed E-state index contributed by atoms with van der Waals surface area (Å²) in [5.41, 5.74) is 2.78. The number of benzene rings is 4. The van der Waals surface area contributed by atoms with E-state index in [0.717, 1.165) is 21.9 Å². The van der Waals surface area contributed by atoms with Gasteiger partial charge in [0.15, 0.2) is 23.0 Å². The highest BCUT2D eigenvalue weighted by Crippen LogP contribution is 2.40. The van der Waals surface area contributed by atoms with Crippen molar-refractivity contribution < 1.29 is 23.7 Å². The summed E-state index contributed by atoms with van der Waals surface area (Å²) in [7, 11) is 4.86. The molecular weight excluding hydrogens is 454 g/mol. The van der Waals surface area contributed by atoms with Gasteiger partial charge in [0, 0.05) is 12.1 Å². The minimum atomic E-state index is -0.329. The number of carbonyl (C=O) groups excluding carboxylic acids is 1. The van der Waals surface area contributed by atoms with Gasteiger partial charge >= 0.3 is 0 Å². The largest absolute Gasteiger partial charge is 0.493 e. The Morgan fingerprint density at radius 3 is 2.25 bits per heavy atom. The molecule has 0 bridgehead atoms. The second kappa shape index (κ2) is 10.2. The van der Waals surface area contributed by atoms with Crippen LogP contribution in [0.5, 0.6) is 23.0 Å². The van der Waals surface area contributed by atoms with Gasteiger partial charge in [0.05, 0.1) is 27.4 Å². The van der Waals surface area contributed by atoms with Crippen molar-refractivity contribution in [2.75, 3.05) is 34.5 Å². The standard InChI is InChI=1S/C30H29NO5/c1-33-26-13-6-7-14-27(26)36-19-25-24-18-29(35-3)28(34-2)17-21(24)15-16-31(25)30(32)23-12-8-10-20-9-4-5-11-22(20)23/h4-14,17-18,25H,15-16,19H2,1-3H3/t25-/m1/s1. The highest BCUT2D eigenvalue weighted by molar-refractivity contribution is 6.07. The molecule has 0 aliphatic carbocycles. The summed E-state index contributed by atoms with van der Waals surface area (Å²) in [6.45, 7) is 0.823. The summed E-state index contributed by atoms with van der Waals surface area (Å²) in [5.74, 6) is 2.55. The Balaban J connectivity index is 1.56. The molecule has 0 saturated carbocycles. The van der Waals surface area contributed by atoms with E-state index in [-0.39, 0.29) is 18.6 Å². The van der Waals surface area contributed by atoms with E-state index in [9.17, 15) is 4.79 Å². The Bertz CT molecular complexity index is 1390. The van der Waals surface area contributed by atoms with Crippen molar-refractivity contribution in [3.05, 3.63) is 95.6 Å². The molecule has 1 aliphatic heterocycles. The topological polar surface area (TPSA) is 57.2 Å². The Morgan fingerprint density at radius 1 is 0.806 bits per heavy atom. The van der Waals surface area contributed by atoms with Crippen LogP contribution in [-0.2, 0) is 6.42 Å². The van der Waals surface area contributed by atoms with Gasteiger partial charge in [0.25, 0.3) is 5.91 Å². The molecule has 5 rings (SSSR count). The van der Waals surface area contributed by atoms with Gasteiger partial charge in [-0.05, 0) is 58.7 Å². The summed E-state index contributed by atoms with van der Waals surface area (Å²) in [5, 5.41) is 1.97. The molecule has 4 aromatic rings. The molecule has 184 valence electrons. The zero-order valence-corrected chi connectivity index (χ0v) is 20.7. The van der Waals surface area contributed by atoms with Crippen LogP contribution < -0.4 is 18.9 Å². The predicted octanol–water partition coefficient (Wildman–Crippen LogP) is 5.68. The maximum atomic E-state index is 14.0. The zero-order chi connectivity index (χ0) is 25.1. The van der Waals surface area contributed by atoms with Crippen LogP contribution in [0.3, 0.4) is 0 Å². The molecule has 1 amide bonds. The number of nitrogens with zero attached hydrogens (tertiary/aromatic N) is 1. The zero-order valence-electron chi connectivity index (χ0n) is 20.7. The van der Waals surface area contributed by atoms with E-state index >= 15 is 0 Å². The predicted molar refractivity (Wildman–Crippen MR) is 139 cm³/mol. The van der Waals surface area contributed by atoms with Gasteiger partial charge in [-0.3, -0.25) is 4.79 Å². The van der Waals surface area contributed by atoms with Gasteiger partial charge in [-0.1, -0.05) is 48.5 Å². The SMILES string of the molecule is COc1cc2c(cc1OC)[C@@H](COc1ccccc1OC)N(C(=O)c1cccc3ccccc13)CC2. The smallest absolute Gasteiger partial charge is 0.255 e. The number of rotatable bonds is 7. The van der Waals surface area contributed by atoms with Gasteiger partial charge < -0.3 is 23.8 Å². The molecule has 0 radical (unpaired) electrons. The summed E-state index contributed by atoms with van der Waals surface area (Å²) >= 11 is 0. The average molecular weight is 484 g/mol. The maximum absolute atomic E-state index is 14.0. The molecule has 0 unspecified atom stereocenters. The van der Waals surface area contributed by atoms with E-state index < -0.39 is 0 Å². The van der Waals surface area contributed by atoms with Crippen LogP contribution in [0.25, 0.3) is 10.8 Å². The fourth-order valence-corrected chi connectivity index (χ4v) is 4.92. The van der Waals surface area contributed by atoms with Crippen molar-refractivity contribution in [3.63, 3.8) is 0 Å². The van der Waals surface area contributed by atoms with E-state index in [4.69, 9.17) is 18.9 Å². The molecule has 6 nitrogen and oxygen atoms in total. The van der Waals surface area contributed by atoms with Crippen molar-refractivity contribution in [3.8, 4) is 23.0 Å². The molecular formula is C30H29NO5. The van der Waals surface area contributed by atoms with Crippen LogP contribution in [0, 0.1) is 0 Å². The summed E-state index contributed by atoms with van der Waals surface area (Å²) in [6.07, 6.45) is 0.706. The number of ether oxygens (including phenoxy) is 4. The molecule has 6 heteroatoms. The van der Waals surface area contributed by atoms with Crippen LogP contribution >= 0.6 is 0 Å².